The van der Waals surface area contributed by atoms with E-state index in [1.54, 1.807) is 31.4 Å². The molecule has 180 valence electrons. The SMILES string of the molecule is CC[C@H]1C(=O)C[C@@H](c2ccc([N+](=O)[O-])cc2)N(c2ccc(OC)cc2)[C@H]1c1ccc([N+](=O)[O-])cc1. The lowest BCUT2D eigenvalue weighted by atomic mass is 9.77. The third-order valence-electron chi connectivity index (χ3n) is 6.57. The van der Waals surface area contributed by atoms with Crippen LogP contribution in [0, 0.1) is 26.1 Å². The molecule has 4 rings (SSSR count). The zero-order valence-electron chi connectivity index (χ0n) is 19.4. The number of carbonyl (C=O) groups is 1. The van der Waals surface area contributed by atoms with Gasteiger partial charge in [0.2, 0.25) is 0 Å². The van der Waals surface area contributed by atoms with E-state index >= 15 is 0 Å². The lowest BCUT2D eigenvalue weighted by molar-refractivity contribution is -0.385. The smallest absolute Gasteiger partial charge is 0.269 e. The molecule has 0 unspecified atom stereocenters. The molecule has 1 aliphatic heterocycles. The fraction of sp³-hybridized carbons (Fsp3) is 0.269. The van der Waals surface area contributed by atoms with E-state index in [0.717, 1.165) is 16.8 Å². The number of anilines is 1. The van der Waals surface area contributed by atoms with Crippen molar-refractivity contribution in [3.8, 4) is 5.75 Å². The van der Waals surface area contributed by atoms with Crippen LogP contribution >= 0.6 is 0 Å². The summed E-state index contributed by atoms with van der Waals surface area (Å²) in [5.74, 6) is 0.449. The zero-order valence-corrected chi connectivity index (χ0v) is 19.4. The fourth-order valence-corrected chi connectivity index (χ4v) is 4.83. The molecule has 3 aromatic carbocycles. The standard InChI is InChI=1S/C26H25N3O6/c1-3-23-25(30)16-24(17-4-8-20(9-5-17)28(31)32)27(19-12-14-22(35-2)15-13-19)26(23)18-6-10-21(11-7-18)29(33)34/h4-15,23-24,26H,3,16H2,1-2H3/t23-,24-,26-/m0/s1. The first-order chi connectivity index (χ1) is 16.8. The molecule has 0 saturated carbocycles. The van der Waals surface area contributed by atoms with E-state index in [0.29, 0.717) is 12.2 Å². The van der Waals surface area contributed by atoms with E-state index in [4.69, 9.17) is 4.74 Å². The van der Waals surface area contributed by atoms with Crippen molar-refractivity contribution in [2.24, 2.45) is 5.92 Å². The number of Topliss-reactive ketones (excluding diaryl/α,β-unsaturated/α-hetero) is 1. The second-order valence-corrected chi connectivity index (χ2v) is 8.45. The number of ketones is 1. The molecule has 9 heteroatoms. The van der Waals surface area contributed by atoms with E-state index in [9.17, 15) is 25.0 Å². The van der Waals surface area contributed by atoms with Crippen molar-refractivity contribution in [2.45, 2.75) is 31.8 Å². The first kappa shape index (κ1) is 23.9. The van der Waals surface area contributed by atoms with Crippen LogP contribution in [-0.2, 0) is 4.79 Å². The fourth-order valence-electron chi connectivity index (χ4n) is 4.83. The number of piperidine rings is 1. The molecule has 1 heterocycles. The Balaban J connectivity index is 1.86. The summed E-state index contributed by atoms with van der Waals surface area (Å²) in [5, 5.41) is 22.4. The number of carbonyl (C=O) groups excluding carboxylic acids is 1. The van der Waals surface area contributed by atoms with Gasteiger partial charge < -0.3 is 9.64 Å². The van der Waals surface area contributed by atoms with E-state index in [1.165, 1.54) is 24.3 Å². The minimum atomic E-state index is -0.455. The molecule has 0 aliphatic carbocycles. The summed E-state index contributed by atoms with van der Waals surface area (Å²) < 4.78 is 5.31. The van der Waals surface area contributed by atoms with Crippen molar-refractivity contribution < 1.29 is 19.4 Å². The number of hydrogen-bond donors (Lipinski definition) is 0. The molecule has 0 amide bonds. The van der Waals surface area contributed by atoms with Gasteiger partial charge in [0.25, 0.3) is 11.4 Å². The number of hydrogen-bond acceptors (Lipinski definition) is 7. The topological polar surface area (TPSA) is 116 Å². The highest BCUT2D eigenvalue weighted by Gasteiger charge is 2.43. The lowest BCUT2D eigenvalue weighted by Crippen LogP contribution is -2.45. The summed E-state index contributed by atoms with van der Waals surface area (Å²) >= 11 is 0. The normalized spacial score (nSPS) is 19.9. The third kappa shape index (κ3) is 4.70. The van der Waals surface area contributed by atoms with Gasteiger partial charge >= 0.3 is 0 Å². The van der Waals surface area contributed by atoms with Crippen molar-refractivity contribution in [2.75, 3.05) is 12.0 Å². The van der Waals surface area contributed by atoms with E-state index in [1.807, 2.05) is 31.2 Å². The van der Waals surface area contributed by atoms with Gasteiger partial charge in [0.05, 0.1) is 29.0 Å². The van der Waals surface area contributed by atoms with Crippen molar-refractivity contribution >= 4 is 22.8 Å². The first-order valence-electron chi connectivity index (χ1n) is 11.3. The summed E-state index contributed by atoms with van der Waals surface area (Å²) in [6.07, 6.45) is 0.839. The van der Waals surface area contributed by atoms with Gasteiger partial charge in [-0.05, 0) is 41.8 Å². The van der Waals surface area contributed by atoms with Gasteiger partial charge in [-0.1, -0.05) is 31.2 Å². The molecular weight excluding hydrogens is 450 g/mol. The molecule has 0 bridgehead atoms. The Morgan fingerprint density at radius 2 is 1.37 bits per heavy atom. The molecular formula is C26H25N3O6. The number of rotatable bonds is 7. The van der Waals surface area contributed by atoms with E-state index in [2.05, 4.69) is 4.90 Å². The minimum absolute atomic E-state index is 0.0214. The van der Waals surface area contributed by atoms with Crippen molar-refractivity contribution in [3.63, 3.8) is 0 Å². The largest absolute Gasteiger partial charge is 0.497 e. The number of nitro benzene ring substituents is 2. The Morgan fingerprint density at radius 3 is 1.83 bits per heavy atom. The Bertz CT molecular complexity index is 1230. The van der Waals surface area contributed by atoms with Gasteiger partial charge in [-0.25, -0.2) is 0 Å². The predicted octanol–water partition coefficient (Wildman–Crippen LogP) is 5.80. The number of non-ortho nitro benzene ring substituents is 2. The predicted molar refractivity (Wildman–Crippen MR) is 131 cm³/mol. The average Bonchev–Trinajstić information content (AvgIpc) is 2.88. The minimum Gasteiger partial charge on any atom is -0.497 e. The molecule has 1 saturated heterocycles. The van der Waals surface area contributed by atoms with Gasteiger partial charge in [-0.3, -0.25) is 25.0 Å². The number of methoxy groups -OCH3 is 1. The summed E-state index contributed by atoms with van der Waals surface area (Å²) in [6, 6.07) is 19.3. The van der Waals surface area contributed by atoms with Crippen molar-refractivity contribution in [1.29, 1.82) is 0 Å². The number of benzene rings is 3. The van der Waals surface area contributed by atoms with Crippen LogP contribution in [0.4, 0.5) is 17.1 Å². The maximum absolute atomic E-state index is 13.4. The first-order valence-corrected chi connectivity index (χ1v) is 11.3. The van der Waals surface area contributed by atoms with Crippen LogP contribution in [0.1, 0.15) is 43.0 Å². The Morgan fingerprint density at radius 1 is 0.857 bits per heavy atom. The van der Waals surface area contributed by atoms with Gasteiger partial charge in [0.15, 0.2) is 0 Å². The number of nitrogens with zero attached hydrogens (tertiary/aromatic N) is 3. The number of nitro groups is 2. The lowest BCUT2D eigenvalue weighted by Gasteiger charge is -2.47. The highest BCUT2D eigenvalue weighted by Crippen LogP contribution is 2.47. The molecule has 3 atom stereocenters. The monoisotopic (exact) mass is 475 g/mol. The Hall–Kier alpha value is -4.27. The Kier molecular flexibility index (Phi) is 6.77. The molecule has 0 radical (unpaired) electrons. The summed E-state index contributed by atoms with van der Waals surface area (Å²) in [4.78, 5) is 37.0. The second kappa shape index (κ2) is 9.92. The van der Waals surface area contributed by atoms with Gasteiger partial charge in [0.1, 0.15) is 11.5 Å². The van der Waals surface area contributed by atoms with Crippen LogP contribution in [0.15, 0.2) is 72.8 Å². The van der Waals surface area contributed by atoms with Crippen molar-refractivity contribution in [1.82, 2.24) is 0 Å². The highest BCUT2D eigenvalue weighted by molar-refractivity contribution is 5.86. The maximum Gasteiger partial charge on any atom is 0.269 e. The molecule has 3 aromatic rings. The van der Waals surface area contributed by atoms with Crippen LogP contribution in [0.5, 0.6) is 5.75 Å². The highest BCUT2D eigenvalue weighted by atomic mass is 16.6. The van der Waals surface area contributed by atoms with Crippen LogP contribution in [0.2, 0.25) is 0 Å². The van der Waals surface area contributed by atoms with Crippen LogP contribution in [0.25, 0.3) is 0 Å². The van der Waals surface area contributed by atoms with Crippen LogP contribution < -0.4 is 9.64 Å². The quantitative estimate of drug-likeness (QED) is 0.313. The van der Waals surface area contributed by atoms with E-state index < -0.39 is 9.85 Å². The Labute approximate surface area is 202 Å². The van der Waals surface area contributed by atoms with E-state index in [-0.39, 0.29) is 41.6 Å². The molecule has 1 fully saturated rings. The molecule has 35 heavy (non-hydrogen) atoms. The number of ether oxygens (including phenoxy) is 1. The second-order valence-electron chi connectivity index (χ2n) is 8.45. The van der Waals surface area contributed by atoms with Crippen LogP contribution in [0.3, 0.4) is 0 Å². The molecule has 0 N–H and O–H groups in total. The average molecular weight is 476 g/mol. The molecule has 0 aromatic heterocycles. The summed E-state index contributed by atoms with van der Waals surface area (Å²) in [5.41, 5.74) is 2.38. The maximum atomic E-state index is 13.4. The van der Waals surface area contributed by atoms with Crippen LogP contribution in [-0.4, -0.2) is 22.7 Å². The zero-order chi connectivity index (χ0) is 25.1. The molecule has 0 spiro atoms. The molecule has 9 nitrogen and oxygen atoms in total. The summed E-state index contributed by atoms with van der Waals surface area (Å²) in [6.45, 7) is 1.96. The summed E-state index contributed by atoms with van der Waals surface area (Å²) in [7, 11) is 1.58. The van der Waals surface area contributed by atoms with Gasteiger partial charge in [-0.2, -0.15) is 0 Å². The van der Waals surface area contributed by atoms with Gasteiger partial charge in [-0.15, -0.1) is 0 Å². The van der Waals surface area contributed by atoms with Crippen molar-refractivity contribution in [3.05, 3.63) is 104 Å². The molecule has 1 aliphatic rings. The third-order valence-corrected chi connectivity index (χ3v) is 6.57. The van der Waals surface area contributed by atoms with Gasteiger partial charge in [0, 0.05) is 42.3 Å².